The number of carbonyl (C=O) groups is 1. The lowest BCUT2D eigenvalue weighted by Gasteiger charge is -2.20. The van der Waals surface area contributed by atoms with Crippen molar-refractivity contribution in [2.24, 2.45) is 0 Å². The van der Waals surface area contributed by atoms with Gasteiger partial charge in [-0.15, -0.1) is 17.9 Å². The number of halogens is 1. The van der Waals surface area contributed by atoms with Crippen molar-refractivity contribution in [3.63, 3.8) is 0 Å². The van der Waals surface area contributed by atoms with Crippen LogP contribution in [0.25, 0.3) is 0 Å². The number of ether oxygens (including phenoxy) is 1. The van der Waals surface area contributed by atoms with Crippen LogP contribution in [0.15, 0.2) is 53.9 Å². The van der Waals surface area contributed by atoms with E-state index in [0.717, 1.165) is 4.88 Å². The molecule has 0 aliphatic heterocycles. The summed E-state index contributed by atoms with van der Waals surface area (Å²) in [6.45, 7) is 5.85. The van der Waals surface area contributed by atoms with Crippen molar-refractivity contribution in [2.45, 2.75) is 18.4 Å². The largest absolute Gasteiger partial charge is 0.462 e. The van der Waals surface area contributed by atoms with Crippen LogP contribution in [0.1, 0.15) is 22.2 Å². The molecule has 1 heterocycles. The minimum atomic E-state index is -3.81. The fourth-order valence-corrected chi connectivity index (χ4v) is 4.77. The smallest absolute Gasteiger partial charge is 0.338 e. The molecule has 0 bridgehead atoms. The highest BCUT2D eigenvalue weighted by Crippen LogP contribution is 2.26. The Labute approximate surface area is 156 Å². The fourth-order valence-electron chi connectivity index (χ4n) is 2.15. The molecule has 0 saturated heterocycles. The lowest BCUT2D eigenvalue weighted by Crippen LogP contribution is -2.30. The molecule has 1 aromatic heterocycles. The van der Waals surface area contributed by atoms with Gasteiger partial charge in [-0.05, 0) is 37.3 Å². The van der Waals surface area contributed by atoms with Gasteiger partial charge >= 0.3 is 5.97 Å². The number of hydrogen-bond acceptors (Lipinski definition) is 5. The van der Waals surface area contributed by atoms with E-state index < -0.39 is 16.0 Å². The number of benzene rings is 1. The Kier molecular flexibility index (Phi) is 6.78. The molecule has 0 unspecified atom stereocenters. The standard InChI is InChI=1S/C17H18ClNO4S2/c1-3-10-19(12-14-8-9-16(18)24-14)25(21,22)15-7-5-6-13(11-15)17(20)23-4-2/h3,5-9,11H,1,4,10,12H2,2H3. The maximum Gasteiger partial charge on any atom is 0.338 e. The molecule has 8 heteroatoms. The van der Waals surface area contributed by atoms with E-state index in [2.05, 4.69) is 6.58 Å². The molecule has 5 nitrogen and oxygen atoms in total. The minimum Gasteiger partial charge on any atom is -0.462 e. The van der Waals surface area contributed by atoms with E-state index in [9.17, 15) is 13.2 Å². The Morgan fingerprint density at radius 1 is 1.36 bits per heavy atom. The summed E-state index contributed by atoms with van der Waals surface area (Å²) in [6.07, 6.45) is 1.52. The van der Waals surface area contributed by atoms with Crippen LogP contribution in [0.3, 0.4) is 0 Å². The van der Waals surface area contributed by atoms with E-state index >= 15 is 0 Å². The van der Waals surface area contributed by atoms with E-state index in [1.807, 2.05) is 0 Å². The normalized spacial score (nSPS) is 11.5. The zero-order valence-electron chi connectivity index (χ0n) is 13.6. The number of sulfonamides is 1. The second-order valence-corrected chi connectivity index (χ2v) is 8.78. The maximum absolute atomic E-state index is 13.0. The summed E-state index contributed by atoms with van der Waals surface area (Å²) in [7, 11) is -3.81. The van der Waals surface area contributed by atoms with E-state index in [-0.39, 0.29) is 30.2 Å². The third-order valence-corrected chi connectivity index (χ3v) is 6.30. The van der Waals surface area contributed by atoms with Crippen LogP contribution in [0.2, 0.25) is 4.34 Å². The van der Waals surface area contributed by atoms with Crippen molar-refractivity contribution in [3.8, 4) is 0 Å². The maximum atomic E-state index is 13.0. The first kappa shape index (κ1) is 19.7. The summed E-state index contributed by atoms with van der Waals surface area (Å²) in [6, 6.07) is 9.33. The van der Waals surface area contributed by atoms with Gasteiger partial charge in [0, 0.05) is 18.0 Å². The number of thiophene rings is 1. The number of esters is 1. The monoisotopic (exact) mass is 399 g/mol. The van der Waals surface area contributed by atoms with Gasteiger partial charge in [0.25, 0.3) is 0 Å². The first-order valence-corrected chi connectivity index (χ1v) is 10.1. The zero-order valence-corrected chi connectivity index (χ0v) is 16.0. The Balaban J connectivity index is 2.34. The first-order valence-electron chi connectivity index (χ1n) is 7.51. The average molecular weight is 400 g/mol. The molecular formula is C17H18ClNO4S2. The van der Waals surface area contributed by atoms with Crippen LogP contribution >= 0.6 is 22.9 Å². The lowest BCUT2D eigenvalue weighted by molar-refractivity contribution is 0.0526. The Morgan fingerprint density at radius 3 is 2.72 bits per heavy atom. The van der Waals surface area contributed by atoms with Crippen molar-refractivity contribution < 1.29 is 17.9 Å². The van der Waals surface area contributed by atoms with Crippen molar-refractivity contribution >= 4 is 38.9 Å². The third kappa shape index (κ3) is 4.92. The zero-order chi connectivity index (χ0) is 18.4. The summed E-state index contributed by atoms with van der Waals surface area (Å²) >= 11 is 7.24. The fraction of sp³-hybridized carbons (Fsp3) is 0.235. The second kappa shape index (κ2) is 8.62. The predicted molar refractivity (Wildman–Crippen MR) is 99.5 cm³/mol. The molecule has 2 aromatic rings. The SMILES string of the molecule is C=CCN(Cc1ccc(Cl)s1)S(=O)(=O)c1cccc(C(=O)OCC)c1. The van der Waals surface area contributed by atoms with Gasteiger partial charge in [0.05, 0.1) is 21.4 Å². The van der Waals surface area contributed by atoms with Gasteiger partial charge in [-0.2, -0.15) is 4.31 Å². The topological polar surface area (TPSA) is 63.7 Å². The molecular weight excluding hydrogens is 382 g/mol. The highest BCUT2D eigenvalue weighted by Gasteiger charge is 2.25. The van der Waals surface area contributed by atoms with Crippen LogP contribution in [0.5, 0.6) is 0 Å². The molecule has 0 fully saturated rings. The summed E-state index contributed by atoms with van der Waals surface area (Å²) in [4.78, 5) is 12.7. The molecule has 2 rings (SSSR count). The van der Waals surface area contributed by atoms with Gasteiger partial charge in [0.15, 0.2) is 0 Å². The highest BCUT2D eigenvalue weighted by atomic mass is 35.5. The molecule has 0 atom stereocenters. The molecule has 0 spiro atoms. The van der Waals surface area contributed by atoms with E-state index in [1.165, 1.54) is 46.0 Å². The number of carbonyl (C=O) groups excluding carboxylic acids is 1. The predicted octanol–water partition coefficient (Wildman–Crippen LogP) is 3.96. The Bertz CT molecular complexity index is 861. The number of rotatable bonds is 8. The van der Waals surface area contributed by atoms with E-state index in [4.69, 9.17) is 16.3 Å². The van der Waals surface area contributed by atoms with Gasteiger partial charge in [0.1, 0.15) is 0 Å². The molecule has 134 valence electrons. The quantitative estimate of drug-likeness (QED) is 0.498. The molecule has 0 N–H and O–H groups in total. The van der Waals surface area contributed by atoms with Crippen LogP contribution in [-0.2, 0) is 21.3 Å². The molecule has 0 amide bonds. The average Bonchev–Trinajstić information content (AvgIpc) is 3.00. The van der Waals surface area contributed by atoms with E-state index in [0.29, 0.717) is 4.34 Å². The number of hydrogen-bond donors (Lipinski definition) is 0. The minimum absolute atomic E-state index is 0.0301. The van der Waals surface area contributed by atoms with Crippen LogP contribution in [-0.4, -0.2) is 31.8 Å². The van der Waals surface area contributed by atoms with Crippen LogP contribution in [0, 0.1) is 0 Å². The van der Waals surface area contributed by atoms with Crippen molar-refractivity contribution in [1.29, 1.82) is 0 Å². The molecule has 0 saturated carbocycles. The van der Waals surface area contributed by atoms with Crippen molar-refractivity contribution in [2.75, 3.05) is 13.2 Å². The summed E-state index contributed by atoms with van der Waals surface area (Å²) in [5.74, 6) is -0.556. The van der Waals surface area contributed by atoms with Gasteiger partial charge < -0.3 is 4.74 Å². The molecule has 1 aromatic carbocycles. The van der Waals surface area contributed by atoms with Crippen molar-refractivity contribution in [1.82, 2.24) is 4.31 Å². The molecule has 25 heavy (non-hydrogen) atoms. The van der Waals surface area contributed by atoms with Gasteiger partial charge in [0.2, 0.25) is 10.0 Å². The molecule has 0 radical (unpaired) electrons. The molecule has 0 aliphatic rings. The lowest BCUT2D eigenvalue weighted by atomic mass is 10.2. The first-order chi connectivity index (χ1) is 11.9. The van der Waals surface area contributed by atoms with E-state index in [1.54, 1.807) is 19.1 Å². The second-order valence-electron chi connectivity index (χ2n) is 5.04. The highest BCUT2D eigenvalue weighted by molar-refractivity contribution is 7.89. The third-order valence-electron chi connectivity index (χ3n) is 3.28. The summed E-state index contributed by atoms with van der Waals surface area (Å²) < 4.78 is 32.7. The van der Waals surface area contributed by atoms with Gasteiger partial charge in [-0.25, -0.2) is 13.2 Å². The van der Waals surface area contributed by atoms with Crippen molar-refractivity contribution in [3.05, 3.63) is 63.8 Å². The Hall–Kier alpha value is -1.67. The van der Waals surface area contributed by atoms with Gasteiger partial charge in [-0.1, -0.05) is 23.7 Å². The van der Waals surface area contributed by atoms with Crippen LogP contribution < -0.4 is 0 Å². The summed E-state index contributed by atoms with van der Waals surface area (Å²) in [5, 5.41) is 0. The Morgan fingerprint density at radius 2 is 2.12 bits per heavy atom. The summed E-state index contributed by atoms with van der Waals surface area (Å²) in [5.41, 5.74) is 0.195. The van der Waals surface area contributed by atoms with Crippen LogP contribution in [0.4, 0.5) is 0 Å². The van der Waals surface area contributed by atoms with Gasteiger partial charge in [-0.3, -0.25) is 0 Å². The number of nitrogens with zero attached hydrogens (tertiary/aromatic N) is 1. The molecule has 0 aliphatic carbocycles.